The third kappa shape index (κ3) is 4.46. The van der Waals surface area contributed by atoms with E-state index in [-0.39, 0.29) is 5.91 Å². The van der Waals surface area contributed by atoms with Crippen LogP contribution in [0, 0.1) is 0 Å². The summed E-state index contributed by atoms with van der Waals surface area (Å²) < 4.78 is 1.08. The third-order valence-corrected chi connectivity index (χ3v) is 5.89. The summed E-state index contributed by atoms with van der Waals surface area (Å²) in [6.45, 7) is 0.609. The van der Waals surface area contributed by atoms with Crippen LogP contribution in [0.2, 0.25) is 0 Å². The van der Waals surface area contributed by atoms with Gasteiger partial charge in [-0.25, -0.2) is 4.98 Å². The van der Waals surface area contributed by atoms with E-state index in [9.17, 15) is 4.79 Å². The molecule has 8 heteroatoms. The Morgan fingerprint density at radius 3 is 2.71 bits per heavy atom. The van der Waals surface area contributed by atoms with Gasteiger partial charge < -0.3 is 4.90 Å². The lowest BCUT2D eigenvalue weighted by atomic mass is 10.1. The van der Waals surface area contributed by atoms with Crippen LogP contribution < -0.4 is 0 Å². The molecule has 0 radical (unpaired) electrons. The monoisotopic (exact) mass is 422 g/mol. The van der Waals surface area contributed by atoms with E-state index in [0.29, 0.717) is 12.1 Å². The number of halogens is 1. The summed E-state index contributed by atoms with van der Waals surface area (Å²) in [6.07, 6.45) is 1.49. The molecule has 0 saturated carbocycles. The van der Waals surface area contributed by atoms with Crippen molar-refractivity contribution in [3.8, 4) is 0 Å². The number of aromatic amines is 1. The zero-order valence-corrected chi connectivity index (χ0v) is 16.1. The molecule has 0 aliphatic heterocycles. The Kier molecular flexibility index (Phi) is 5.70. The Morgan fingerprint density at radius 2 is 2.08 bits per heavy atom. The highest BCUT2D eigenvalue weighted by atomic mass is 79.9. The predicted octanol–water partition coefficient (Wildman–Crippen LogP) is 4.19. The van der Waals surface area contributed by atoms with E-state index in [1.165, 1.54) is 6.33 Å². The lowest BCUT2D eigenvalue weighted by molar-refractivity contribution is 0.0786. The summed E-state index contributed by atoms with van der Waals surface area (Å²) in [6, 6.07) is 11.7. The predicted molar refractivity (Wildman–Crippen MR) is 100 cm³/mol. The number of hydrogen-bond donors (Lipinski definition) is 1. The number of thiophene rings is 1. The first-order chi connectivity index (χ1) is 11.6. The Hall–Kier alpha value is -1.64. The minimum atomic E-state index is 0.0222. The van der Waals surface area contributed by atoms with Crippen LogP contribution in [-0.2, 0) is 12.3 Å². The maximum Gasteiger partial charge on any atom is 0.253 e. The van der Waals surface area contributed by atoms with Gasteiger partial charge in [-0.15, -0.1) is 11.3 Å². The third-order valence-electron chi connectivity index (χ3n) is 3.34. The van der Waals surface area contributed by atoms with E-state index in [4.69, 9.17) is 0 Å². The maximum atomic E-state index is 12.5. The number of thioether (sulfide) groups is 1. The number of aromatic nitrogens is 3. The van der Waals surface area contributed by atoms with Crippen molar-refractivity contribution in [1.29, 1.82) is 0 Å². The molecular formula is C16H15BrN4OS2. The lowest BCUT2D eigenvalue weighted by Gasteiger charge is -2.16. The number of amides is 1. The van der Waals surface area contributed by atoms with Crippen molar-refractivity contribution in [2.24, 2.45) is 0 Å². The van der Waals surface area contributed by atoms with E-state index >= 15 is 0 Å². The molecule has 0 spiro atoms. The van der Waals surface area contributed by atoms with Gasteiger partial charge in [-0.3, -0.25) is 9.89 Å². The van der Waals surface area contributed by atoms with Crippen LogP contribution in [0.1, 0.15) is 20.8 Å². The fourth-order valence-electron chi connectivity index (χ4n) is 2.12. The molecule has 0 unspecified atom stereocenters. The highest BCUT2D eigenvalue weighted by Crippen LogP contribution is 2.23. The number of rotatable bonds is 6. The summed E-state index contributed by atoms with van der Waals surface area (Å²) >= 11 is 6.66. The average molecular weight is 423 g/mol. The van der Waals surface area contributed by atoms with Crippen LogP contribution in [0.3, 0.4) is 0 Å². The van der Waals surface area contributed by atoms with Gasteiger partial charge in [0.15, 0.2) is 5.16 Å². The highest BCUT2D eigenvalue weighted by molar-refractivity contribution is 9.11. The Labute approximate surface area is 156 Å². The van der Waals surface area contributed by atoms with Crippen molar-refractivity contribution in [2.45, 2.75) is 17.5 Å². The van der Waals surface area contributed by atoms with Gasteiger partial charge in [0.25, 0.3) is 5.91 Å². The highest BCUT2D eigenvalue weighted by Gasteiger charge is 2.13. The molecule has 3 aromatic rings. The standard InChI is InChI=1S/C16H15BrN4OS2/c1-21(8-13-6-7-14(17)24-13)15(22)12-4-2-11(3-5-12)9-23-16-18-10-19-20-16/h2-7,10H,8-9H2,1H3,(H,18,19,20). The number of nitrogens with one attached hydrogen (secondary N) is 1. The van der Waals surface area contributed by atoms with E-state index in [1.807, 2.05) is 43.4 Å². The second kappa shape index (κ2) is 7.96. The number of carbonyl (C=O) groups is 1. The molecule has 0 aliphatic rings. The molecule has 0 aliphatic carbocycles. The largest absolute Gasteiger partial charge is 0.337 e. The van der Waals surface area contributed by atoms with Crippen molar-refractivity contribution < 1.29 is 4.79 Å². The van der Waals surface area contributed by atoms with E-state index in [1.54, 1.807) is 28.0 Å². The summed E-state index contributed by atoms with van der Waals surface area (Å²) in [5.74, 6) is 0.803. The minimum absolute atomic E-state index is 0.0222. The van der Waals surface area contributed by atoms with Crippen LogP contribution in [0.25, 0.3) is 0 Å². The van der Waals surface area contributed by atoms with Gasteiger partial charge in [0.1, 0.15) is 6.33 Å². The second-order valence-electron chi connectivity index (χ2n) is 5.14. The second-order valence-corrected chi connectivity index (χ2v) is 8.65. The van der Waals surface area contributed by atoms with Crippen molar-refractivity contribution in [2.75, 3.05) is 7.05 Å². The number of H-pyrrole nitrogens is 1. The molecular weight excluding hydrogens is 408 g/mol. The first-order valence-electron chi connectivity index (χ1n) is 7.18. The zero-order valence-electron chi connectivity index (χ0n) is 12.9. The molecule has 5 nitrogen and oxygen atoms in total. The van der Waals surface area contributed by atoms with Crippen LogP contribution in [0.5, 0.6) is 0 Å². The fourth-order valence-corrected chi connectivity index (χ4v) is 4.39. The van der Waals surface area contributed by atoms with Gasteiger partial charge in [-0.05, 0) is 45.8 Å². The van der Waals surface area contributed by atoms with Gasteiger partial charge in [-0.1, -0.05) is 23.9 Å². The summed E-state index contributed by atoms with van der Waals surface area (Å²) in [7, 11) is 1.82. The van der Waals surface area contributed by atoms with Crippen molar-refractivity contribution in [3.05, 3.63) is 62.5 Å². The van der Waals surface area contributed by atoms with E-state index < -0.39 is 0 Å². The number of benzene rings is 1. The molecule has 2 heterocycles. The topological polar surface area (TPSA) is 61.9 Å². The van der Waals surface area contributed by atoms with Gasteiger partial charge >= 0.3 is 0 Å². The van der Waals surface area contributed by atoms with Crippen LogP contribution in [0.4, 0.5) is 0 Å². The molecule has 24 heavy (non-hydrogen) atoms. The van der Waals surface area contributed by atoms with Gasteiger partial charge in [-0.2, -0.15) is 5.10 Å². The van der Waals surface area contributed by atoms with Crippen molar-refractivity contribution in [1.82, 2.24) is 20.1 Å². The normalized spacial score (nSPS) is 10.8. The smallest absolute Gasteiger partial charge is 0.253 e. The number of hydrogen-bond acceptors (Lipinski definition) is 5. The first-order valence-corrected chi connectivity index (χ1v) is 9.78. The van der Waals surface area contributed by atoms with Gasteiger partial charge in [0.2, 0.25) is 0 Å². The fraction of sp³-hybridized carbons (Fsp3) is 0.188. The first kappa shape index (κ1) is 17.2. The molecule has 0 atom stereocenters. The molecule has 1 aromatic carbocycles. The molecule has 2 aromatic heterocycles. The quantitative estimate of drug-likeness (QED) is 0.604. The summed E-state index contributed by atoms with van der Waals surface area (Å²) in [5.41, 5.74) is 1.83. The lowest BCUT2D eigenvalue weighted by Crippen LogP contribution is -2.25. The molecule has 1 N–H and O–H groups in total. The Balaban J connectivity index is 1.58. The number of carbonyl (C=O) groups excluding carboxylic acids is 1. The molecule has 0 bridgehead atoms. The van der Waals surface area contributed by atoms with Gasteiger partial charge in [0.05, 0.1) is 10.3 Å². The molecule has 124 valence electrons. The molecule has 1 amide bonds. The Morgan fingerprint density at radius 1 is 1.29 bits per heavy atom. The average Bonchev–Trinajstić information content (AvgIpc) is 3.24. The van der Waals surface area contributed by atoms with Gasteiger partial charge in [0, 0.05) is 23.2 Å². The molecule has 0 fully saturated rings. The van der Waals surface area contributed by atoms with Crippen molar-refractivity contribution in [3.63, 3.8) is 0 Å². The Bertz CT molecular complexity index is 802. The summed E-state index contributed by atoms with van der Waals surface area (Å²) in [4.78, 5) is 19.5. The van der Waals surface area contributed by atoms with Crippen LogP contribution >= 0.6 is 39.0 Å². The summed E-state index contributed by atoms with van der Waals surface area (Å²) in [5, 5.41) is 7.42. The minimum Gasteiger partial charge on any atom is -0.337 e. The van der Waals surface area contributed by atoms with Crippen LogP contribution in [-0.4, -0.2) is 33.0 Å². The van der Waals surface area contributed by atoms with E-state index in [0.717, 1.165) is 25.1 Å². The molecule has 0 saturated heterocycles. The maximum absolute atomic E-state index is 12.5. The van der Waals surface area contributed by atoms with Crippen LogP contribution in [0.15, 0.2) is 51.7 Å². The van der Waals surface area contributed by atoms with E-state index in [2.05, 4.69) is 31.1 Å². The number of nitrogens with zero attached hydrogens (tertiary/aromatic N) is 3. The zero-order chi connectivity index (χ0) is 16.9. The molecule has 3 rings (SSSR count). The van der Waals surface area contributed by atoms with Crippen molar-refractivity contribution >= 4 is 44.9 Å². The SMILES string of the molecule is CN(Cc1ccc(Br)s1)C(=O)c1ccc(CSc2ncn[nH]2)cc1.